The van der Waals surface area contributed by atoms with Crippen LogP contribution in [0.2, 0.25) is 0 Å². The van der Waals surface area contributed by atoms with E-state index in [2.05, 4.69) is 20.2 Å². The topological polar surface area (TPSA) is 60.2 Å². The van der Waals surface area contributed by atoms with E-state index in [0.29, 0.717) is 12.3 Å². The summed E-state index contributed by atoms with van der Waals surface area (Å²) in [5.74, 6) is -3.79. The first-order valence-electron chi connectivity index (χ1n) is 6.13. The molecule has 0 bridgehead atoms. The van der Waals surface area contributed by atoms with E-state index in [1.54, 1.807) is 0 Å². The molecule has 0 amide bonds. The Bertz CT molecular complexity index is 401. The molecule has 0 radical (unpaired) electrons. The predicted octanol–water partition coefficient (Wildman–Crippen LogP) is 2.03. The molecule has 20 heavy (non-hydrogen) atoms. The molecule has 1 aromatic heterocycles. The van der Waals surface area contributed by atoms with Crippen molar-refractivity contribution in [3.63, 3.8) is 0 Å². The Morgan fingerprint density at radius 2 is 2.10 bits per heavy atom. The van der Waals surface area contributed by atoms with Gasteiger partial charge in [0.15, 0.2) is 5.82 Å². The second kappa shape index (κ2) is 7.53. The molecule has 1 rings (SSSR count). The van der Waals surface area contributed by atoms with Gasteiger partial charge in [-0.2, -0.15) is 13.8 Å². The van der Waals surface area contributed by atoms with E-state index in [0.717, 1.165) is 6.54 Å². The van der Waals surface area contributed by atoms with Gasteiger partial charge in [0.2, 0.25) is 5.89 Å². The van der Waals surface area contributed by atoms with Gasteiger partial charge in [-0.15, -0.1) is 0 Å². The minimum atomic E-state index is -4.17. The quantitative estimate of drug-likeness (QED) is 0.707. The molecule has 116 valence electrons. The van der Waals surface area contributed by atoms with E-state index < -0.39 is 25.6 Å². The van der Waals surface area contributed by atoms with Crippen molar-refractivity contribution in [1.29, 1.82) is 0 Å². The summed E-state index contributed by atoms with van der Waals surface area (Å²) in [7, 11) is 0. The summed E-state index contributed by atoms with van der Waals surface area (Å²) in [6.07, 6.45) is -3.28. The minimum absolute atomic E-state index is 0.0498. The molecule has 0 aliphatic rings. The molecule has 1 N–H and O–H groups in total. The Morgan fingerprint density at radius 3 is 2.70 bits per heavy atom. The third kappa shape index (κ3) is 5.41. The van der Waals surface area contributed by atoms with Crippen LogP contribution in [-0.4, -0.2) is 41.7 Å². The maximum atomic E-state index is 12.6. The van der Waals surface area contributed by atoms with Crippen molar-refractivity contribution in [3.05, 3.63) is 11.7 Å². The Hall–Kier alpha value is -1.22. The van der Waals surface area contributed by atoms with Crippen LogP contribution in [0.4, 0.5) is 17.6 Å². The molecule has 0 aromatic carbocycles. The van der Waals surface area contributed by atoms with E-state index in [4.69, 9.17) is 4.52 Å². The number of rotatable bonds is 9. The molecule has 5 nitrogen and oxygen atoms in total. The minimum Gasteiger partial charge on any atom is -0.367 e. The van der Waals surface area contributed by atoms with E-state index >= 15 is 0 Å². The van der Waals surface area contributed by atoms with Gasteiger partial charge in [-0.25, -0.2) is 8.78 Å². The Balaban J connectivity index is 2.37. The van der Waals surface area contributed by atoms with Crippen molar-refractivity contribution in [1.82, 2.24) is 15.5 Å². The largest absolute Gasteiger partial charge is 0.367 e. The summed E-state index contributed by atoms with van der Waals surface area (Å²) in [4.78, 5) is 3.92. The summed E-state index contributed by atoms with van der Waals surface area (Å²) < 4.78 is 58.2. The van der Waals surface area contributed by atoms with Gasteiger partial charge in [0.05, 0.1) is 0 Å². The van der Waals surface area contributed by atoms with Gasteiger partial charge in [0, 0.05) is 12.5 Å². The SMILES string of the molecule is CCNC(C)Cc1nc(COCC(F)(F)C(F)F)no1. The van der Waals surface area contributed by atoms with Crippen molar-refractivity contribution >= 4 is 0 Å². The maximum Gasteiger partial charge on any atom is 0.330 e. The van der Waals surface area contributed by atoms with Crippen LogP contribution in [0.5, 0.6) is 0 Å². The van der Waals surface area contributed by atoms with Gasteiger partial charge < -0.3 is 14.6 Å². The Labute approximate surface area is 113 Å². The molecule has 1 aromatic rings. The van der Waals surface area contributed by atoms with Crippen LogP contribution in [0.1, 0.15) is 25.6 Å². The monoisotopic (exact) mass is 299 g/mol. The van der Waals surface area contributed by atoms with Crippen LogP contribution in [0.3, 0.4) is 0 Å². The number of nitrogens with zero attached hydrogens (tertiary/aromatic N) is 2. The maximum absolute atomic E-state index is 12.6. The number of likely N-dealkylation sites (N-methyl/N-ethyl adjacent to an activating group) is 1. The van der Waals surface area contributed by atoms with Crippen molar-refractivity contribution in [2.75, 3.05) is 13.2 Å². The van der Waals surface area contributed by atoms with Gasteiger partial charge in [0.25, 0.3) is 0 Å². The van der Waals surface area contributed by atoms with Gasteiger partial charge in [-0.3, -0.25) is 0 Å². The number of ether oxygens (including phenoxy) is 1. The molecule has 0 saturated heterocycles. The van der Waals surface area contributed by atoms with Crippen LogP contribution in [-0.2, 0) is 17.8 Å². The summed E-state index contributed by atoms with van der Waals surface area (Å²) in [6, 6.07) is 0.123. The zero-order valence-electron chi connectivity index (χ0n) is 11.2. The predicted molar refractivity (Wildman–Crippen MR) is 61.7 cm³/mol. The number of alkyl halides is 4. The average Bonchev–Trinajstić information content (AvgIpc) is 2.76. The fourth-order valence-corrected chi connectivity index (χ4v) is 1.46. The van der Waals surface area contributed by atoms with E-state index in [1.165, 1.54) is 0 Å². The first kappa shape index (κ1) is 16.8. The standard InChI is InChI=1S/C11H17F4N3O2/c1-3-16-7(2)4-9-17-8(18-20-9)5-19-6-11(14,15)10(12)13/h7,10,16H,3-6H2,1-2H3. The normalized spacial score (nSPS) is 13.9. The van der Waals surface area contributed by atoms with E-state index in [-0.39, 0.29) is 11.9 Å². The molecule has 1 heterocycles. The van der Waals surface area contributed by atoms with Crippen LogP contribution < -0.4 is 5.32 Å². The van der Waals surface area contributed by atoms with Crippen molar-refractivity contribution in [2.45, 2.75) is 45.3 Å². The molecule has 0 aliphatic heterocycles. The highest BCUT2D eigenvalue weighted by molar-refractivity contribution is 4.87. The van der Waals surface area contributed by atoms with Crippen LogP contribution in [0, 0.1) is 0 Å². The molecular weight excluding hydrogens is 282 g/mol. The fraction of sp³-hybridized carbons (Fsp3) is 0.818. The second-order valence-electron chi connectivity index (χ2n) is 4.32. The molecule has 0 fully saturated rings. The third-order valence-electron chi connectivity index (χ3n) is 2.39. The summed E-state index contributed by atoms with van der Waals surface area (Å²) in [5, 5.41) is 6.66. The highest BCUT2D eigenvalue weighted by atomic mass is 19.3. The number of halogens is 4. The highest BCUT2D eigenvalue weighted by Crippen LogP contribution is 2.23. The van der Waals surface area contributed by atoms with Crippen molar-refractivity contribution in [3.8, 4) is 0 Å². The zero-order valence-corrected chi connectivity index (χ0v) is 11.2. The Kier molecular flexibility index (Phi) is 6.34. The van der Waals surface area contributed by atoms with Gasteiger partial charge in [-0.05, 0) is 13.5 Å². The first-order chi connectivity index (χ1) is 9.35. The summed E-state index contributed by atoms with van der Waals surface area (Å²) in [5.41, 5.74) is 0. The molecule has 0 saturated carbocycles. The van der Waals surface area contributed by atoms with Crippen molar-refractivity contribution < 1.29 is 26.8 Å². The number of hydrogen-bond acceptors (Lipinski definition) is 5. The molecule has 0 spiro atoms. The smallest absolute Gasteiger partial charge is 0.330 e. The summed E-state index contributed by atoms with van der Waals surface area (Å²) >= 11 is 0. The lowest BCUT2D eigenvalue weighted by Gasteiger charge is -2.14. The van der Waals surface area contributed by atoms with Gasteiger partial charge in [-0.1, -0.05) is 12.1 Å². The molecule has 0 aliphatic carbocycles. The van der Waals surface area contributed by atoms with Crippen LogP contribution >= 0.6 is 0 Å². The second-order valence-corrected chi connectivity index (χ2v) is 4.32. The summed E-state index contributed by atoms with van der Waals surface area (Å²) in [6.45, 7) is 2.87. The number of hydrogen-bond donors (Lipinski definition) is 1. The molecular formula is C11H17F4N3O2. The van der Waals surface area contributed by atoms with Crippen LogP contribution in [0.25, 0.3) is 0 Å². The molecule has 9 heteroatoms. The first-order valence-corrected chi connectivity index (χ1v) is 6.13. The van der Waals surface area contributed by atoms with Crippen LogP contribution in [0.15, 0.2) is 4.52 Å². The lowest BCUT2D eigenvalue weighted by molar-refractivity contribution is -0.168. The fourth-order valence-electron chi connectivity index (χ4n) is 1.46. The lowest BCUT2D eigenvalue weighted by Crippen LogP contribution is -2.32. The zero-order chi connectivity index (χ0) is 15.2. The average molecular weight is 299 g/mol. The molecule has 1 atom stereocenters. The van der Waals surface area contributed by atoms with E-state index in [1.807, 2.05) is 13.8 Å². The highest BCUT2D eigenvalue weighted by Gasteiger charge is 2.41. The van der Waals surface area contributed by atoms with Crippen molar-refractivity contribution in [2.24, 2.45) is 0 Å². The number of aromatic nitrogens is 2. The van der Waals surface area contributed by atoms with Gasteiger partial charge >= 0.3 is 12.3 Å². The number of nitrogens with one attached hydrogen (secondary N) is 1. The Morgan fingerprint density at radius 1 is 1.40 bits per heavy atom. The van der Waals surface area contributed by atoms with Gasteiger partial charge in [0.1, 0.15) is 13.2 Å². The lowest BCUT2D eigenvalue weighted by atomic mass is 10.2. The molecule has 1 unspecified atom stereocenters. The van der Waals surface area contributed by atoms with E-state index in [9.17, 15) is 17.6 Å². The third-order valence-corrected chi connectivity index (χ3v) is 2.39.